The summed E-state index contributed by atoms with van der Waals surface area (Å²) < 4.78 is 5.68. The van der Waals surface area contributed by atoms with Crippen LogP contribution in [0.15, 0.2) is 0 Å². The van der Waals surface area contributed by atoms with Gasteiger partial charge in [0.15, 0.2) is 5.82 Å². The van der Waals surface area contributed by atoms with Gasteiger partial charge in [0.1, 0.15) is 18.0 Å². The van der Waals surface area contributed by atoms with Crippen molar-refractivity contribution in [2.75, 3.05) is 7.11 Å². The number of rotatable bonds is 3. The number of H-pyrrole nitrogens is 1. The minimum atomic E-state index is -0.347. The van der Waals surface area contributed by atoms with Gasteiger partial charge in [-0.1, -0.05) is 25.7 Å². The molecular formula is C11H19N3O2. The van der Waals surface area contributed by atoms with Gasteiger partial charge in [0, 0.05) is 7.11 Å². The Hall–Kier alpha value is -0.940. The van der Waals surface area contributed by atoms with E-state index in [1.165, 1.54) is 12.8 Å². The first-order valence-corrected chi connectivity index (χ1v) is 5.88. The highest BCUT2D eigenvalue weighted by Crippen LogP contribution is 2.36. The molecule has 1 heterocycles. The van der Waals surface area contributed by atoms with Crippen molar-refractivity contribution < 1.29 is 9.84 Å². The maximum absolute atomic E-state index is 8.99. The molecule has 0 bridgehead atoms. The molecule has 1 aromatic rings. The molecule has 5 nitrogen and oxygen atoms in total. The van der Waals surface area contributed by atoms with Crippen molar-refractivity contribution in [3.05, 3.63) is 11.6 Å². The lowest BCUT2D eigenvalue weighted by molar-refractivity contribution is -0.0349. The quantitative estimate of drug-likeness (QED) is 0.765. The zero-order valence-corrected chi connectivity index (χ0v) is 9.70. The number of aromatic nitrogens is 3. The van der Waals surface area contributed by atoms with Crippen molar-refractivity contribution in [3.8, 4) is 0 Å². The summed E-state index contributed by atoms with van der Waals surface area (Å²) in [6, 6.07) is 0. The van der Waals surface area contributed by atoms with E-state index < -0.39 is 0 Å². The molecule has 0 aliphatic heterocycles. The number of hydrogen-bond acceptors (Lipinski definition) is 4. The smallest absolute Gasteiger partial charge is 0.182 e. The highest BCUT2D eigenvalue weighted by molar-refractivity contribution is 5.03. The molecule has 0 saturated heterocycles. The number of aliphatic hydroxyl groups excluding tert-OH is 1. The molecule has 90 valence electrons. The molecule has 16 heavy (non-hydrogen) atoms. The van der Waals surface area contributed by atoms with Gasteiger partial charge in [0.25, 0.3) is 0 Å². The number of methoxy groups -OCH3 is 1. The molecule has 1 saturated carbocycles. The SMILES string of the molecule is COC1(c2n[nH]c(CO)n2)CCCCCC1. The van der Waals surface area contributed by atoms with Gasteiger partial charge in [-0.05, 0) is 12.8 Å². The van der Waals surface area contributed by atoms with Crippen LogP contribution in [0.2, 0.25) is 0 Å². The lowest BCUT2D eigenvalue weighted by atomic mass is 9.93. The fourth-order valence-electron chi connectivity index (χ4n) is 2.39. The monoisotopic (exact) mass is 225 g/mol. The first-order valence-electron chi connectivity index (χ1n) is 5.88. The van der Waals surface area contributed by atoms with E-state index in [2.05, 4.69) is 15.2 Å². The van der Waals surface area contributed by atoms with Crippen molar-refractivity contribution in [1.29, 1.82) is 0 Å². The standard InChI is InChI=1S/C11H19N3O2/c1-16-11(6-4-2-3-5-7-11)10-12-9(8-15)13-14-10/h15H,2-8H2,1H3,(H,12,13,14). The second kappa shape index (κ2) is 4.93. The first kappa shape index (κ1) is 11.5. The van der Waals surface area contributed by atoms with Gasteiger partial charge >= 0.3 is 0 Å². The molecule has 0 radical (unpaired) electrons. The lowest BCUT2D eigenvalue weighted by Gasteiger charge is -2.27. The van der Waals surface area contributed by atoms with E-state index in [0.717, 1.165) is 25.7 Å². The Bertz CT molecular complexity index is 330. The minimum Gasteiger partial charge on any atom is -0.388 e. The Morgan fingerprint density at radius 1 is 1.31 bits per heavy atom. The molecule has 2 N–H and O–H groups in total. The second-order valence-corrected chi connectivity index (χ2v) is 4.38. The zero-order valence-electron chi connectivity index (χ0n) is 9.70. The largest absolute Gasteiger partial charge is 0.388 e. The van der Waals surface area contributed by atoms with Crippen LogP contribution in [0.4, 0.5) is 0 Å². The van der Waals surface area contributed by atoms with Crippen LogP contribution in [0.1, 0.15) is 50.2 Å². The molecule has 1 aliphatic carbocycles. The van der Waals surface area contributed by atoms with E-state index in [1.54, 1.807) is 7.11 Å². The Morgan fingerprint density at radius 2 is 2.00 bits per heavy atom. The fourth-order valence-corrected chi connectivity index (χ4v) is 2.39. The predicted molar refractivity (Wildman–Crippen MR) is 58.7 cm³/mol. The summed E-state index contributed by atoms with van der Waals surface area (Å²) in [6.07, 6.45) is 6.73. The summed E-state index contributed by atoms with van der Waals surface area (Å²) in [5, 5.41) is 15.9. The molecule has 1 aliphatic rings. The Kier molecular flexibility index (Phi) is 3.56. The normalized spacial score (nSPS) is 20.6. The highest BCUT2D eigenvalue weighted by Gasteiger charge is 2.36. The van der Waals surface area contributed by atoms with Crippen LogP contribution in [0.25, 0.3) is 0 Å². The number of hydrogen-bond donors (Lipinski definition) is 2. The second-order valence-electron chi connectivity index (χ2n) is 4.38. The van der Waals surface area contributed by atoms with Crippen LogP contribution < -0.4 is 0 Å². The molecule has 5 heteroatoms. The van der Waals surface area contributed by atoms with Crippen LogP contribution in [0.3, 0.4) is 0 Å². The zero-order chi connectivity index (χ0) is 11.4. The average Bonchev–Trinajstić information content (AvgIpc) is 2.68. The van der Waals surface area contributed by atoms with E-state index in [4.69, 9.17) is 9.84 Å². The third-order valence-corrected chi connectivity index (χ3v) is 3.39. The maximum Gasteiger partial charge on any atom is 0.182 e. The predicted octanol–water partition coefficient (Wildman–Crippen LogP) is 1.49. The number of aliphatic hydroxyl groups is 1. The van der Waals surface area contributed by atoms with Crippen molar-refractivity contribution in [2.45, 2.75) is 50.7 Å². The molecule has 0 atom stereocenters. The van der Waals surface area contributed by atoms with E-state index in [9.17, 15) is 0 Å². The molecular weight excluding hydrogens is 206 g/mol. The maximum atomic E-state index is 8.99. The van der Waals surface area contributed by atoms with Gasteiger partial charge < -0.3 is 9.84 Å². The number of aromatic amines is 1. The Morgan fingerprint density at radius 3 is 2.50 bits per heavy atom. The summed E-state index contributed by atoms with van der Waals surface area (Å²) in [4.78, 5) is 4.30. The number of ether oxygens (including phenoxy) is 1. The van der Waals surface area contributed by atoms with Gasteiger partial charge in [-0.15, -0.1) is 0 Å². The minimum absolute atomic E-state index is 0.104. The van der Waals surface area contributed by atoms with Gasteiger partial charge in [-0.3, -0.25) is 5.10 Å². The third-order valence-electron chi connectivity index (χ3n) is 3.39. The Balaban J connectivity index is 2.24. The molecule has 1 aromatic heterocycles. The Labute approximate surface area is 95.2 Å². The molecule has 2 rings (SSSR count). The summed E-state index contributed by atoms with van der Waals surface area (Å²) >= 11 is 0. The first-order chi connectivity index (χ1) is 7.80. The third kappa shape index (κ3) is 2.10. The van der Waals surface area contributed by atoms with Gasteiger partial charge in [-0.2, -0.15) is 5.10 Å². The molecule has 0 unspecified atom stereocenters. The van der Waals surface area contributed by atoms with Crippen LogP contribution in [0, 0.1) is 0 Å². The van der Waals surface area contributed by atoms with Crippen molar-refractivity contribution >= 4 is 0 Å². The molecule has 0 aromatic carbocycles. The van der Waals surface area contributed by atoms with E-state index in [1.807, 2.05) is 0 Å². The van der Waals surface area contributed by atoms with Crippen LogP contribution in [-0.4, -0.2) is 27.4 Å². The van der Waals surface area contributed by atoms with Crippen LogP contribution in [0.5, 0.6) is 0 Å². The van der Waals surface area contributed by atoms with Gasteiger partial charge in [0.2, 0.25) is 0 Å². The molecule has 1 fully saturated rings. The summed E-state index contributed by atoms with van der Waals surface area (Å²) in [5.41, 5.74) is -0.347. The summed E-state index contributed by atoms with van der Waals surface area (Å²) in [6.45, 7) is -0.104. The van der Waals surface area contributed by atoms with Gasteiger partial charge in [0.05, 0.1) is 0 Å². The summed E-state index contributed by atoms with van der Waals surface area (Å²) in [5.74, 6) is 1.21. The van der Waals surface area contributed by atoms with E-state index in [-0.39, 0.29) is 12.2 Å². The highest BCUT2D eigenvalue weighted by atomic mass is 16.5. The van der Waals surface area contributed by atoms with Gasteiger partial charge in [-0.25, -0.2) is 4.98 Å². The number of nitrogens with one attached hydrogen (secondary N) is 1. The van der Waals surface area contributed by atoms with Crippen molar-refractivity contribution in [2.24, 2.45) is 0 Å². The van der Waals surface area contributed by atoms with E-state index >= 15 is 0 Å². The topological polar surface area (TPSA) is 71.0 Å². The molecule has 0 spiro atoms. The average molecular weight is 225 g/mol. The van der Waals surface area contributed by atoms with Crippen molar-refractivity contribution in [1.82, 2.24) is 15.2 Å². The molecule has 0 amide bonds. The fraction of sp³-hybridized carbons (Fsp3) is 0.818. The number of nitrogens with zero attached hydrogens (tertiary/aromatic N) is 2. The van der Waals surface area contributed by atoms with Crippen molar-refractivity contribution in [3.63, 3.8) is 0 Å². The summed E-state index contributed by atoms with van der Waals surface area (Å²) in [7, 11) is 1.72. The van der Waals surface area contributed by atoms with E-state index in [0.29, 0.717) is 11.6 Å². The van der Waals surface area contributed by atoms with Crippen LogP contribution >= 0.6 is 0 Å². The van der Waals surface area contributed by atoms with Crippen LogP contribution in [-0.2, 0) is 16.9 Å². The lowest BCUT2D eigenvalue weighted by Crippen LogP contribution is -2.29.